The van der Waals surface area contributed by atoms with Gasteiger partial charge in [-0.2, -0.15) is 5.26 Å². The number of anilines is 1. The maximum atomic E-state index is 12.7. The van der Waals surface area contributed by atoms with Crippen molar-refractivity contribution in [1.82, 2.24) is 9.88 Å². The highest BCUT2D eigenvalue weighted by Crippen LogP contribution is 2.46. The lowest BCUT2D eigenvalue weighted by Crippen LogP contribution is -2.57. The Bertz CT molecular complexity index is 999. The topological polar surface area (TPSA) is 116 Å². The van der Waals surface area contributed by atoms with Gasteiger partial charge in [0.25, 0.3) is 6.47 Å². The van der Waals surface area contributed by atoms with Crippen LogP contribution in [-0.4, -0.2) is 71.9 Å². The lowest BCUT2D eigenvalue weighted by Gasteiger charge is -2.44. The zero-order valence-electron chi connectivity index (χ0n) is 23.0. The number of nitriles is 1. The predicted molar refractivity (Wildman–Crippen MR) is 140 cm³/mol. The third-order valence-electron chi connectivity index (χ3n) is 7.26. The summed E-state index contributed by atoms with van der Waals surface area (Å²) in [6.45, 7) is 13.6. The van der Waals surface area contributed by atoms with Crippen LogP contribution in [0.5, 0.6) is 0 Å². The number of pyridine rings is 1. The molecule has 2 aliphatic heterocycles. The smallest absolute Gasteiger partial charge is 0.293 e. The fraction of sp³-hybridized carbons (Fsp3) is 0.714. The molecule has 3 heterocycles. The molecule has 1 N–H and O–H groups in total. The molecule has 1 aliphatic carbocycles. The van der Waals surface area contributed by atoms with Crippen molar-refractivity contribution >= 4 is 18.2 Å². The largest absolute Gasteiger partial charge is 0.465 e. The summed E-state index contributed by atoms with van der Waals surface area (Å²) in [5.74, 6) is 1.92. The van der Waals surface area contributed by atoms with Gasteiger partial charge >= 0.3 is 0 Å². The molecule has 2 fully saturated rings. The summed E-state index contributed by atoms with van der Waals surface area (Å²) in [7, 11) is 0. The molecular weight excluding hydrogens is 472 g/mol. The summed E-state index contributed by atoms with van der Waals surface area (Å²) >= 11 is 0. The first-order chi connectivity index (χ1) is 17.7. The number of nitrogens with zero attached hydrogens (tertiary/aromatic N) is 4. The lowest BCUT2D eigenvalue weighted by molar-refractivity contribution is -0.135. The third kappa shape index (κ3) is 6.99. The van der Waals surface area contributed by atoms with Crippen molar-refractivity contribution in [1.29, 1.82) is 5.26 Å². The average Bonchev–Trinajstić information content (AvgIpc) is 3.71. The van der Waals surface area contributed by atoms with E-state index in [0.717, 1.165) is 48.6 Å². The van der Waals surface area contributed by atoms with Crippen LogP contribution < -0.4 is 4.90 Å². The van der Waals surface area contributed by atoms with Crippen molar-refractivity contribution in [3.63, 3.8) is 0 Å². The molecule has 0 bridgehead atoms. The van der Waals surface area contributed by atoms with Crippen LogP contribution in [0, 0.1) is 17.2 Å². The number of aliphatic hydroxyl groups is 1. The van der Waals surface area contributed by atoms with Gasteiger partial charge in [-0.15, -0.1) is 0 Å². The fourth-order valence-corrected chi connectivity index (χ4v) is 5.16. The van der Waals surface area contributed by atoms with E-state index in [4.69, 9.17) is 14.8 Å². The van der Waals surface area contributed by atoms with Crippen molar-refractivity contribution in [2.24, 2.45) is 5.92 Å². The van der Waals surface area contributed by atoms with Crippen LogP contribution in [-0.2, 0) is 32.1 Å². The molecule has 3 aliphatic rings. The highest BCUT2D eigenvalue weighted by Gasteiger charge is 2.39. The number of hydrogen-bond donors (Lipinski definition) is 1. The fourth-order valence-electron chi connectivity index (χ4n) is 5.16. The summed E-state index contributed by atoms with van der Waals surface area (Å²) < 4.78 is 10.2. The van der Waals surface area contributed by atoms with E-state index in [1.54, 1.807) is 0 Å². The molecule has 0 aromatic carbocycles. The number of piperazine rings is 1. The minimum absolute atomic E-state index is 0.0985. The Morgan fingerprint density at radius 1 is 1.32 bits per heavy atom. The van der Waals surface area contributed by atoms with Crippen LogP contribution in [0.4, 0.5) is 5.82 Å². The van der Waals surface area contributed by atoms with E-state index in [2.05, 4.69) is 55.2 Å². The highest BCUT2D eigenvalue weighted by atomic mass is 16.5. The summed E-state index contributed by atoms with van der Waals surface area (Å²) in [4.78, 5) is 31.4. The summed E-state index contributed by atoms with van der Waals surface area (Å²) in [5.41, 5.74) is 3.87. The molecule has 1 saturated carbocycles. The molecule has 1 saturated heterocycles. The summed E-state index contributed by atoms with van der Waals surface area (Å²) in [5, 5.41) is 18.1. The maximum absolute atomic E-state index is 12.7. The molecule has 4 rings (SSSR count). The first-order valence-electron chi connectivity index (χ1n) is 13.5. The highest BCUT2D eigenvalue weighted by molar-refractivity contribution is 5.77. The molecule has 37 heavy (non-hydrogen) atoms. The van der Waals surface area contributed by atoms with E-state index >= 15 is 0 Å². The van der Waals surface area contributed by atoms with Gasteiger partial charge in [-0.1, -0.05) is 20.8 Å². The number of aromatic nitrogens is 1. The van der Waals surface area contributed by atoms with Gasteiger partial charge in [-0.3, -0.25) is 9.59 Å². The van der Waals surface area contributed by atoms with Gasteiger partial charge in [0.15, 0.2) is 0 Å². The zero-order chi connectivity index (χ0) is 27.2. The zero-order valence-corrected chi connectivity index (χ0v) is 23.0. The van der Waals surface area contributed by atoms with Crippen LogP contribution in [0.2, 0.25) is 0 Å². The van der Waals surface area contributed by atoms with E-state index in [0.29, 0.717) is 43.4 Å². The van der Waals surface area contributed by atoms with Crippen LogP contribution >= 0.6 is 0 Å². The van der Waals surface area contributed by atoms with E-state index in [9.17, 15) is 14.9 Å². The molecule has 1 aromatic rings. The Balaban J connectivity index is 0.000000568. The predicted octanol–water partition coefficient (Wildman–Crippen LogP) is 3.31. The minimum Gasteiger partial charge on any atom is -0.465 e. The minimum atomic E-state index is -0.274. The van der Waals surface area contributed by atoms with Crippen molar-refractivity contribution in [3.8, 4) is 6.07 Å². The standard InChI is InChI=1S/C25H36N4O2.C3H6O3/c1-6-7-22(30)29-11-10-28(14-21(29)16(2)3)24-19(13-26)18-12-25(4,5)31-15-20(18)23(27-24)17-8-9-17;4-1-2-6-3-5/h16-17,21H,6-12,14-15H2,1-5H3;3-4H,1-2H2. The molecule has 1 unspecified atom stereocenters. The molecule has 9 nitrogen and oxygen atoms in total. The number of ether oxygens (including phenoxy) is 2. The van der Waals surface area contributed by atoms with Gasteiger partial charge in [0.05, 0.1) is 36.1 Å². The maximum Gasteiger partial charge on any atom is 0.293 e. The second-order valence-electron chi connectivity index (χ2n) is 11.0. The Hall–Kier alpha value is -2.70. The Labute approximate surface area is 220 Å². The lowest BCUT2D eigenvalue weighted by atomic mass is 9.87. The molecule has 204 valence electrons. The van der Waals surface area contributed by atoms with E-state index in [-0.39, 0.29) is 30.8 Å². The number of amides is 1. The third-order valence-corrected chi connectivity index (χ3v) is 7.26. The molecule has 1 atom stereocenters. The van der Waals surface area contributed by atoms with Gasteiger partial charge in [0.2, 0.25) is 5.91 Å². The van der Waals surface area contributed by atoms with Crippen molar-refractivity contribution in [2.75, 3.05) is 37.7 Å². The Morgan fingerprint density at radius 3 is 2.59 bits per heavy atom. The second kappa shape index (κ2) is 12.7. The number of hydrogen-bond acceptors (Lipinski definition) is 8. The first-order valence-corrected chi connectivity index (χ1v) is 13.5. The normalized spacial score (nSPS) is 20.4. The van der Waals surface area contributed by atoms with Gasteiger partial charge < -0.3 is 24.4 Å². The van der Waals surface area contributed by atoms with Crippen LogP contribution in [0.3, 0.4) is 0 Å². The number of fused-ring (bicyclic) bond motifs is 1. The molecule has 9 heteroatoms. The van der Waals surface area contributed by atoms with Crippen LogP contribution in [0.25, 0.3) is 0 Å². The molecular formula is C28H42N4O5. The molecule has 0 radical (unpaired) electrons. The second-order valence-corrected chi connectivity index (χ2v) is 11.0. The number of carbonyl (C=O) groups is 2. The monoisotopic (exact) mass is 514 g/mol. The van der Waals surface area contributed by atoms with Gasteiger partial charge in [0, 0.05) is 44.0 Å². The van der Waals surface area contributed by atoms with Gasteiger partial charge in [-0.25, -0.2) is 4.98 Å². The van der Waals surface area contributed by atoms with E-state index in [1.165, 1.54) is 12.8 Å². The van der Waals surface area contributed by atoms with Crippen LogP contribution in [0.15, 0.2) is 0 Å². The molecule has 1 amide bonds. The Kier molecular flexibility index (Phi) is 9.91. The van der Waals surface area contributed by atoms with E-state index in [1.807, 2.05) is 0 Å². The number of rotatable bonds is 8. The first kappa shape index (κ1) is 28.9. The molecule has 0 spiro atoms. The van der Waals surface area contributed by atoms with Gasteiger partial charge in [-0.05, 0) is 44.6 Å². The Morgan fingerprint density at radius 2 is 2.05 bits per heavy atom. The van der Waals surface area contributed by atoms with E-state index < -0.39 is 0 Å². The summed E-state index contributed by atoms with van der Waals surface area (Å²) in [6.07, 6.45) is 4.55. The van der Waals surface area contributed by atoms with Crippen molar-refractivity contribution in [3.05, 3.63) is 22.4 Å². The summed E-state index contributed by atoms with van der Waals surface area (Å²) in [6, 6.07) is 2.64. The van der Waals surface area contributed by atoms with Gasteiger partial charge in [0.1, 0.15) is 18.5 Å². The average molecular weight is 515 g/mol. The quantitative estimate of drug-likeness (QED) is 0.415. The molecule has 1 aromatic heterocycles. The number of carbonyl (C=O) groups excluding carboxylic acids is 2. The van der Waals surface area contributed by atoms with Crippen molar-refractivity contribution in [2.45, 2.75) is 90.9 Å². The SMILES string of the molecule is CCCC(=O)N1CCN(c2nc(C3CC3)c3c(c2C#N)CC(C)(C)OC3)CC1C(C)C.O=COCCO. The van der Waals surface area contributed by atoms with Crippen LogP contribution in [0.1, 0.15) is 88.6 Å². The number of aliphatic hydroxyl groups excluding tert-OH is 1. The van der Waals surface area contributed by atoms with Crippen molar-refractivity contribution < 1.29 is 24.2 Å².